The smallest absolute Gasteiger partial charge is 0.128 e. The van der Waals surface area contributed by atoms with Gasteiger partial charge >= 0.3 is 0 Å². The van der Waals surface area contributed by atoms with E-state index in [1.807, 2.05) is 0 Å². The molecule has 9 unspecified atom stereocenters. The summed E-state index contributed by atoms with van der Waals surface area (Å²) in [5.74, 6) is 4.28. The molecular weight excluding hydrogens is 695 g/mol. The van der Waals surface area contributed by atoms with E-state index in [1.165, 1.54) is 127 Å². The monoisotopic (exact) mass is 760 g/mol. The molecule has 11 rings (SSSR count). The summed E-state index contributed by atoms with van der Waals surface area (Å²) in [5, 5.41) is 14.3. The Morgan fingerprint density at radius 3 is 2.60 bits per heavy atom. The standard InChI is InChI=1S/C52H65N5/c53-33-34-15-1-2-16-36(34)38-18-5-6-20-40(38)42-22-8-7-21-41(42)39-19-4-3-17-37(39)35-31-50(56-47-26-12-9-23-43(47)44-24-10-13-27-48(44)56)55-51(32-35)57-49-28-14-11-25-45(49)46-29-30-54-52(46)57/h1-2,5,12,15,18,22,26,31,36,41,43-44,46-48,51-52,54H,3-4,6-11,13-14,16-17,19-21,23-25,27-30,32H2. The van der Waals surface area contributed by atoms with Crippen LogP contribution in [0.1, 0.15) is 141 Å². The van der Waals surface area contributed by atoms with Crippen LogP contribution in [-0.2, 0) is 0 Å². The van der Waals surface area contributed by atoms with Crippen molar-refractivity contribution >= 4 is 5.84 Å². The molecule has 2 saturated heterocycles. The summed E-state index contributed by atoms with van der Waals surface area (Å²) in [7, 11) is 0. The Labute approximate surface area is 342 Å². The summed E-state index contributed by atoms with van der Waals surface area (Å²) in [5.41, 5.74) is 14.1. The number of hydrogen-bond donors (Lipinski definition) is 1. The fourth-order valence-electron chi connectivity index (χ4n) is 14.4. The van der Waals surface area contributed by atoms with Crippen molar-refractivity contribution in [2.75, 3.05) is 6.54 Å². The van der Waals surface area contributed by atoms with Gasteiger partial charge in [-0.3, -0.25) is 5.32 Å². The average Bonchev–Trinajstić information content (AvgIpc) is 3.98. The Bertz CT molecular complexity index is 2000. The number of nitriles is 1. The number of hydrogen-bond acceptors (Lipinski definition) is 5. The summed E-state index contributed by atoms with van der Waals surface area (Å²) in [6.45, 7) is 1.14. The average molecular weight is 760 g/mol. The first-order valence-corrected chi connectivity index (χ1v) is 23.8. The molecule has 3 fully saturated rings. The van der Waals surface area contributed by atoms with Crippen LogP contribution in [0.4, 0.5) is 0 Å². The third-order valence-corrected chi connectivity index (χ3v) is 16.7. The summed E-state index contributed by atoms with van der Waals surface area (Å²) < 4.78 is 0. The number of nitrogens with one attached hydrogen (secondary N) is 1. The van der Waals surface area contributed by atoms with E-state index in [2.05, 4.69) is 75.9 Å². The lowest BCUT2D eigenvalue weighted by Crippen LogP contribution is -2.49. The molecule has 0 spiro atoms. The Morgan fingerprint density at radius 2 is 1.65 bits per heavy atom. The zero-order valence-corrected chi connectivity index (χ0v) is 34.4. The molecule has 0 radical (unpaired) electrons. The van der Waals surface area contributed by atoms with E-state index in [0.29, 0.717) is 30.1 Å². The molecule has 4 aliphatic heterocycles. The first-order chi connectivity index (χ1) is 28.3. The third kappa shape index (κ3) is 6.29. The van der Waals surface area contributed by atoms with Gasteiger partial charge in [0.05, 0.1) is 18.3 Å². The van der Waals surface area contributed by atoms with Crippen molar-refractivity contribution in [2.45, 2.75) is 166 Å². The zero-order chi connectivity index (χ0) is 37.9. The maximum atomic E-state index is 10.2. The summed E-state index contributed by atoms with van der Waals surface area (Å²) >= 11 is 0. The number of allylic oxidation sites excluding steroid dienone is 14. The predicted molar refractivity (Wildman–Crippen MR) is 232 cm³/mol. The Morgan fingerprint density at radius 1 is 0.754 bits per heavy atom. The van der Waals surface area contributed by atoms with Gasteiger partial charge in [-0.05, 0) is 186 Å². The van der Waals surface area contributed by atoms with Crippen LogP contribution in [0, 0.1) is 40.9 Å². The topological polar surface area (TPSA) is 54.7 Å². The number of likely N-dealkylation sites (tertiary alicyclic amines) is 1. The van der Waals surface area contributed by atoms with Crippen LogP contribution in [0.3, 0.4) is 0 Å². The highest BCUT2D eigenvalue weighted by Crippen LogP contribution is 2.52. The summed E-state index contributed by atoms with van der Waals surface area (Å²) in [4.78, 5) is 11.8. The van der Waals surface area contributed by atoms with Crippen LogP contribution in [0.5, 0.6) is 0 Å². The van der Waals surface area contributed by atoms with E-state index in [-0.39, 0.29) is 12.1 Å². The number of aliphatic imine (C=N–C) groups is 1. The van der Waals surface area contributed by atoms with E-state index >= 15 is 0 Å². The molecule has 9 atom stereocenters. The van der Waals surface area contributed by atoms with Crippen molar-refractivity contribution in [3.8, 4) is 6.07 Å². The number of dihydropyridines is 1. The normalized spacial score (nSPS) is 37.6. The number of nitrogens with zero attached hydrogens (tertiary/aromatic N) is 4. The predicted octanol–water partition coefficient (Wildman–Crippen LogP) is 11.6. The molecule has 0 aromatic rings. The van der Waals surface area contributed by atoms with Gasteiger partial charge in [-0.15, -0.1) is 0 Å². The lowest BCUT2D eigenvalue weighted by atomic mass is 9.69. The molecule has 1 N–H and O–H groups in total. The van der Waals surface area contributed by atoms with Crippen LogP contribution in [0.2, 0.25) is 0 Å². The van der Waals surface area contributed by atoms with Crippen LogP contribution in [-0.4, -0.2) is 46.6 Å². The second kappa shape index (κ2) is 15.5. The molecule has 7 aliphatic carbocycles. The van der Waals surface area contributed by atoms with Crippen molar-refractivity contribution < 1.29 is 0 Å². The number of amidine groups is 1. The molecular formula is C52H65N5. The molecule has 0 aromatic carbocycles. The van der Waals surface area contributed by atoms with Gasteiger partial charge in [0, 0.05) is 41.5 Å². The lowest BCUT2D eigenvalue weighted by Gasteiger charge is -2.42. The van der Waals surface area contributed by atoms with Crippen LogP contribution < -0.4 is 5.32 Å². The van der Waals surface area contributed by atoms with E-state index in [0.717, 1.165) is 49.6 Å². The Hall–Kier alpha value is -3.62. The maximum absolute atomic E-state index is 10.2. The first kappa shape index (κ1) is 36.5. The highest BCUT2D eigenvalue weighted by Gasteiger charge is 2.51. The number of rotatable bonds is 5. The van der Waals surface area contributed by atoms with E-state index < -0.39 is 0 Å². The van der Waals surface area contributed by atoms with Gasteiger partial charge in [-0.25, -0.2) is 4.99 Å². The highest BCUT2D eigenvalue weighted by molar-refractivity contribution is 5.96. The minimum absolute atomic E-state index is 0.169. The fraction of sp³-hybridized carbons (Fsp3) is 0.615. The minimum Gasteiger partial charge on any atom is -0.347 e. The fourth-order valence-corrected chi connectivity index (χ4v) is 14.4. The van der Waals surface area contributed by atoms with Gasteiger partial charge in [0.25, 0.3) is 0 Å². The second-order valence-corrected chi connectivity index (χ2v) is 19.5. The maximum Gasteiger partial charge on any atom is 0.128 e. The van der Waals surface area contributed by atoms with Crippen LogP contribution >= 0.6 is 0 Å². The van der Waals surface area contributed by atoms with Gasteiger partial charge in [-0.1, -0.05) is 60.9 Å². The minimum atomic E-state index is 0.169. The zero-order valence-electron chi connectivity index (χ0n) is 34.4. The molecule has 298 valence electrons. The van der Waals surface area contributed by atoms with E-state index in [1.54, 1.807) is 39.1 Å². The summed E-state index contributed by atoms with van der Waals surface area (Å²) in [6.07, 6.45) is 49.8. The molecule has 0 bridgehead atoms. The molecule has 5 nitrogen and oxygen atoms in total. The quantitative estimate of drug-likeness (QED) is 0.284. The van der Waals surface area contributed by atoms with Crippen molar-refractivity contribution in [3.05, 3.63) is 105 Å². The van der Waals surface area contributed by atoms with Gasteiger partial charge in [0.15, 0.2) is 0 Å². The van der Waals surface area contributed by atoms with Crippen molar-refractivity contribution in [2.24, 2.45) is 34.6 Å². The van der Waals surface area contributed by atoms with Crippen molar-refractivity contribution in [1.29, 1.82) is 5.26 Å². The second-order valence-electron chi connectivity index (χ2n) is 19.5. The lowest BCUT2D eigenvalue weighted by molar-refractivity contribution is 0.166. The van der Waals surface area contributed by atoms with Crippen LogP contribution in [0.25, 0.3) is 0 Å². The molecule has 4 heterocycles. The Balaban J connectivity index is 1.02. The van der Waals surface area contributed by atoms with Gasteiger partial charge < -0.3 is 9.80 Å². The molecule has 11 aliphatic rings. The molecule has 5 heteroatoms. The first-order valence-electron chi connectivity index (χ1n) is 23.8. The largest absolute Gasteiger partial charge is 0.347 e. The van der Waals surface area contributed by atoms with Gasteiger partial charge in [-0.2, -0.15) is 5.26 Å². The van der Waals surface area contributed by atoms with Gasteiger partial charge in [0.1, 0.15) is 12.0 Å². The molecule has 1 saturated carbocycles. The molecule has 57 heavy (non-hydrogen) atoms. The highest BCUT2D eigenvalue weighted by atomic mass is 15.4. The van der Waals surface area contributed by atoms with Crippen molar-refractivity contribution in [1.82, 2.24) is 15.1 Å². The Kier molecular flexibility index (Phi) is 9.93. The molecule has 0 aromatic heterocycles. The van der Waals surface area contributed by atoms with E-state index in [9.17, 15) is 5.26 Å². The SMILES string of the molecule is N#CC1=CC=CCC1C1=C(C2=CCCCC2C2=C(C3=CC(N4C5C=CCCC5C5CCCCC54)=NC(N4C5=C(CCCC5)C5CCNC54)C3)CCCC2)CCC=C1. The molecule has 0 amide bonds. The number of fused-ring (bicyclic) bond motifs is 5. The summed E-state index contributed by atoms with van der Waals surface area (Å²) in [6, 6.07) is 3.73. The van der Waals surface area contributed by atoms with E-state index in [4.69, 9.17) is 4.99 Å². The third-order valence-electron chi connectivity index (χ3n) is 16.7. The van der Waals surface area contributed by atoms with Crippen molar-refractivity contribution in [3.63, 3.8) is 0 Å². The van der Waals surface area contributed by atoms with Gasteiger partial charge in [0.2, 0.25) is 0 Å². The van der Waals surface area contributed by atoms with Crippen LogP contribution in [0.15, 0.2) is 110 Å².